The van der Waals surface area contributed by atoms with E-state index in [4.69, 9.17) is 4.98 Å². The van der Waals surface area contributed by atoms with Crippen LogP contribution in [0.1, 0.15) is 60.2 Å². The molecule has 0 saturated carbocycles. The van der Waals surface area contributed by atoms with E-state index in [1.54, 1.807) is 11.1 Å². The van der Waals surface area contributed by atoms with E-state index in [0.717, 1.165) is 105 Å². The molecule has 3 aromatic carbocycles. The van der Waals surface area contributed by atoms with E-state index in [1.165, 1.54) is 35.4 Å². The van der Waals surface area contributed by atoms with Gasteiger partial charge in [0.2, 0.25) is 5.91 Å². The van der Waals surface area contributed by atoms with E-state index < -0.39 is 0 Å². The number of imide groups is 1. The van der Waals surface area contributed by atoms with Gasteiger partial charge < -0.3 is 20.4 Å². The second-order valence-corrected chi connectivity index (χ2v) is 17.2. The number of aromatic nitrogens is 2. The summed E-state index contributed by atoms with van der Waals surface area (Å²) in [7, 11) is 0. The number of urea groups is 1. The van der Waals surface area contributed by atoms with Gasteiger partial charge in [0.15, 0.2) is 0 Å². The fourth-order valence-electron chi connectivity index (χ4n) is 9.48. The molecule has 0 aliphatic carbocycles. The third-order valence-corrected chi connectivity index (χ3v) is 13.7. The van der Waals surface area contributed by atoms with Crippen LogP contribution in [0.25, 0.3) is 43.0 Å². The summed E-state index contributed by atoms with van der Waals surface area (Å²) in [4.78, 5) is 54.6. The first-order valence-corrected chi connectivity index (χ1v) is 21.1. The largest absolute Gasteiger partial charge is 0.381 e. The highest BCUT2D eigenvalue weighted by Gasteiger charge is 2.30. The van der Waals surface area contributed by atoms with Crippen molar-refractivity contribution in [2.75, 3.05) is 60.9 Å². The molecule has 3 N–H and O–H groups in total. The van der Waals surface area contributed by atoms with Crippen LogP contribution in [0.2, 0.25) is 0 Å². The standard InChI is InChI=1S/C45H46N8O3S/c1-27-23-47-42-41-34-8-9-36(49-37(34)10-11-39(41)57-43(42)44(55)48-27)30-4-2-5-31(22-30)52-19-12-28(13-20-52)26-51-17-14-29(15-18-51)32-6-3-7-33-35(32)24-46-25-38(33)53-21-16-40(54)50-45(53)56/h2-11,22,24-25,27-29,47H,12-21,23,26H2,1H3,(H,48,55)(H,50,54,56)/t27-/m1/s1. The Bertz CT molecular complexity index is 2560. The molecule has 0 bridgehead atoms. The molecule has 3 fully saturated rings. The molecule has 6 aromatic rings. The first-order chi connectivity index (χ1) is 27.9. The third kappa shape index (κ3) is 6.74. The number of nitrogens with zero attached hydrogens (tertiary/aromatic N) is 5. The molecule has 0 unspecified atom stereocenters. The molecule has 3 aromatic heterocycles. The summed E-state index contributed by atoms with van der Waals surface area (Å²) in [6.07, 6.45) is 8.53. The van der Waals surface area contributed by atoms with Crippen LogP contribution in [0.4, 0.5) is 21.9 Å². The zero-order valence-corrected chi connectivity index (χ0v) is 32.9. The van der Waals surface area contributed by atoms with Crippen molar-refractivity contribution in [2.24, 2.45) is 5.92 Å². The maximum Gasteiger partial charge on any atom is 0.328 e. The van der Waals surface area contributed by atoms with Crippen molar-refractivity contribution >= 4 is 78.0 Å². The van der Waals surface area contributed by atoms with Crippen molar-refractivity contribution in [1.82, 2.24) is 25.5 Å². The lowest BCUT2D eigenvalue weighted by molar-refractivity contribution is -0.120. The van der Waals surface area contributed by atoms with Gasteiger partial charge in [-0.15, -0.1) is 11.3 Å². The van der Waals surface area contributed by atoms with Gasteiger partial charge >= 0.3 is 6.03 Å². The summed E-state index contributed by atoms with van der Waals surface area (Å²) in [6.45, 7) is 8.48. The number of carbonyl (C=O) groups excluding carboxylic acids is 3. The Balaban J connectivity index is 0.772. The van der Waals surface area contributed by atoms with Gasteiger partial charge in [0.05, 0.1) is 28.8 Å². The number of hydrogen-bond donors (Lipinski definition) is 3. The van der Waals surface area contributed by atoms with Crippen molar-refractivity contribution in [1.29, 1.82) is 0 Å². The van der Waals surface area contributed by atoms with Crippen LogP contribution < -0.4 is 25.8 Å². The van der Waals surface area contributed by atoms with E-state index in [0.29, 0.717) is 31.3 Å². The van der Waals surface area contributed by atoms with Crippen LogP contribution in [0.15, 0.2) is 79.1 Å². The number of thiophene rings is 1. The Morgan fingerprint density at radius 1 is 0.842 bits per heavy atom. The quantitative estimate of drug-likeness (QED) is 0.157. The molecule has 11 nitrogen and oxygen atoms in total. The average molecular weight is 779 g/mol. The Morgan fingerprint density at radius 3 is 2.53 bits per heavy atom. The summed E-state index contributed by atoms with van der Waals surface area (Å²) in [6, 6.07) is 23.4. The van der Waals surface area contributed by atoms with E-state index in [-0.39, 0.29) is 23.9 Å². The number of amides is 4. The van der Waals surface area contributed by atoms with E-state index in [2.05, 4.69) is 97.5 Å². The zero-order valence-electron chi connectivity index (χ0n) is 32.1. The lowest BCUT2D eigenvalue weighted by atomic mass is 9.86. The maximum atomic E-state index is 12.9. The molecule has 10 rings (SSSR count). The molecular weight excluding hydrogens is 733 g/mol. The number of pyridine rings is 2. The summed E-state index contributed by atoms with van der Waals surface area (Å²) in [5, 5.41) is 13.3. The normalized spacial score (nSPS) is 20.1. The molecule has 57 heavy (non-hydrogen) atoms. The number of piperidine rings is 2. The second-order valence-electron chi connectivity index (χ2n) is 16.2. The molecule has 12 heteroatoms. The van der Waals surface area contributed by atoms with Gasteiger partial charge in [-0.3, -0.25) is 24.8 Å². The van der Waals surface area contributed by atoms with Crippen LogP contribution in [0, 0.1) is 5.92 Å². The highest BCUT2D eigenvalue weighted by Crippen LogP contribution is 2.42. The van der Waals surface area contributed by atoms with Crippen LogP contribution in [0.5, 0.6) is 0 Å². The number of anilines is 3. The monoisotopic (exact) mass is 778 g/mol. The summed E-state index contributed by atoms with van der Waals surface area (Å²) in [5.41, 5.74) is 7.24. The molecule has 0 spiro atoms. The van der Waals surface area contributed by atoms with Gasteiger partial charge in [0.1, 0.15) is 4.88 Å². The van der Waals surface area contributed by atoms with E-state index >= 15 is 0 Å². The summed E-state index contributed by atoms with van der Waals surface area (Å²) >= 11 is 1.54. The molecular formula is C45H46N8O3S. The van der Waals surface area contributed by atoms with Gasteiger partial charge in [-0.05, 0) is 99.5 Å². The van der Waals surface area contributed by atoms with Crippen molar-refractivity contribution in [3.8, 4) is 11.3 Å². The number of hydrogen-bond acceptors (Lipinski definition) is 9. The SMILES string of the molecule is C[C@@H]1CNc2c(sc3ccc4nc(-c5cccc(N6CCC(CN7CCC(c8cccc9c(N%10CCC(=O)NC%10=O)cncc89)CC7)CC6)c5)ccc4c23)C(=O)N1. The summed E-state index contributed by atoms with van der Waals surface area (Å²) in [5.74, 6) is 0.885. The molecule has 7 heterocycles. The Morgan fingerprint density at radius 2 is 1.68 bits per heavy atom. The van der Waals surface area contributed by atoms with Crippen molar-refractivity contribution in [3.63, 3.8) is 0 Å². The number of nitrogens with one attached hydrogen (secondary N) is 3. The first kappa shape index (κ1) is 35.8. The molecule has 4 aliphatic rings. The fourth-order valence-corrected chi connectivity index (χ4v) is 10.6. The van der Waals surface area contributed by atoms with E-state index in [1.807, 2.05) is 13.1 Å². The lowest BCUT2D eigenvalue weighted by Gasteiger charge is -2.38. The minimum atomic E-state index is -0.377. The van der Waals surface area contributed by atoms with Crippen LogP contribution in [-0.2, 0) is 4.79 Å². The minimum Gasteiger partial charge on any atom is -0.381 e. The van der Waals surface area contributed by atoms with Crippen LogP contribution >= 0.6 is 11.3 Å². The molecule has 4 amide bonds. The fraction of sp³-hybridized carbons (Fsp3) is 0.356. The highest BCUT2D eigenvalue weighted by molar-refractivity contribution is 7.21. The number of rotatable bonds is 6. The zero-order chi connectivity index (χ0) is 38.6. The van der Waals surface area contributed by atoms with Gasteiger partial charge in [-0.1, -0.05) is 30.3 Å². The third-order valence-electron chi connectivity index (χ3n) is 12.5. The van der Waals surface area contributed by atoms with Crippen molar-refractivity contribution in [3.05, 3.63) is 89.6 Å². The number of carbonyl (C=O) groups is 3. The van der Waals surface area contributed by atoms with Crippen molar-refractivity contribution in [2.45, 2.75) is 51.0 Å². The molecule has 290 valence electrons. The predicted octanol–water partition coefficient (Wildman–Crippen LogP) is 7.75. The van der Waals surface area contributed by atoms with Gasteiger partial charge in [-0.2, -0.15) is 0 Å². The first-order valence-electron chi connectivity index (χ1n) is 20.3. The highest BCUT2D eigenvalue weighted by atomic mass is 32.1. The number of benzene rings is 3. The molecule has 0 radical (unpaired) electrons. The minimum absolute atomic E-state index is 0.0117. The smallest absolute Gasteiger partial charge is 0.328 e. The van der Waals surface area contributed by atoms with Gasteiger partial charge in [0, 0.05) is 88.9 Å². The Kier molecular flexibility index (Phi) is 9.25. The average Bonchev–Trinajstić information content (AvgIpc) is 3.56. The maximum absolute atomic E-state index is 12.9. The Labute approximate surface area is 335 Å². The molecule has 1 atom stereocenters. The predicted molar refractivity (Wildman–Crippen MR) is 229 cm³/mol. The van der Waals surface area contributed by atoms with Gasteiger partial charge in [0.25, 0.3) is 5.91 Å². The lowest BCUT2D eigenvalue weighted by Crippen LogP contribution is -2.49. The second kappa shape index (κ2) is 14.7. The molecule has 3 saturated heterocycles. The van der Waals surface area contributed by atoms with Gasteiger partial charge in [-0.25, -0.2) is 9.78 Å². The van der Waals surface area contributed by atoms with E-state index in [9.17, 15) is 14.4 Å². The Hall–Kier alpha value is -5.59. The molecule has 4 aliphatic heterocycles. The van der Waals surface area contributed by atoms with Crippen LogP contribution in [-0.4, -0.2) is 84.6 Å². The van der Waals surface area contributed by atoms with Crippen molar-refractivity contribution < 1.29 is 14.4 Å². The summed E-state index contributed by atoms with van der Waals surface area (Å²) < 4.78 is 1.09. The van der Waals surface area contributed by atoms with Crippen LogP contribution in [0.3, 0.4) is 0 Å². The number of fused-ring (bicyclic) bond motifs is 6. The number of likely N-dealkylation sites (tertiary alicyclic amines) is 1. The topological polar surface area (TPSA) is 123 Å².